The molecule has 2 heterocycles. The molecule has 0 spiro atoms. The molecule has 6 N–H and O–H groups in total. The van der Waals surface area contributed by atoms with Gasteiger partial charge in [-0.1, -0.05) is 38.7 Å². The van der Waals surface area contributed by atoms with E-state index in [1.807, 2.05) is 6.92 Å². The molecule has 3 aliphatic carbocycles. The van der Waals surface area contributed by atoms with Gasteiger partial charge in [0.15, 0.2) is 17.2 Å². The zero-order chi connectivity index (χ0) is 33.8. The number of hydrogen-bond donors (Lipinski definition) is 5. The maximum absolute atomic E-state index is 14.5. The predicted molar refractivity (Wildman–Crippen MR) is 179 cm³/mol. The van der Waals surface area contributed by atoms with Gasteiger partial charge in [-0.3, -0.25) is 9.59 Å². The molecule has 0 bridgehead atoms. The lowest BCUT2D eigenvalue weighted by Crippen LogP contribution is -2.59. The van der Waals surface area contributed by atoms with Crippen molar-refractivity contribution in [1.29, 1.82) is 0 Å². The Balaban J connectivity index is 1.43. The number of aliphatic hydroxyl groups is 2. The monoisotopic (exact) mass is 659 g/mol. The molecule has 3 saturated carbocycles. The van der Waals surface area contributed by atoms with Crippen LogP contribution in [0, 0.1) is 29.6 Å². The first kappa shape index (κ1) is 36.6. The highest BCUT2D eigenvalue weighted by molar-refractivity contribution is 6.23. The Hall–Kier alpha value is -1.69. The van der Waals surface area contributed by atoms with E-state index in [0.29, 0.717) is 43.1 Å². The van der Waals surface area contributed by atoms with Crippen molar-refractivity contribution < 1.29 is 34.1 Å². The minimum atomic E-state index is -1.98. The summed E-state index contributed by atoms with van der Waals surface area (Å²) in [7, 11) is 0. The highest BCUT2D eigenvalue weighted by Gasteiger charge is 2.87. The number of nitrogens with one attached hydrogen (secondary N) is 2. The summed E-state index contributed by atoms with van der Waals surface area (Å²) in [6.07, 6.45) is 11.0. The van der Waals surface area contributed by atoms with E-state index in [2.05, 4.69) is 24.5 Å². The number of carbonyl (C=O) groups excluding carboxylic acids is 3. The molecule has 5 aliphatic rings. The zero-order valence-corrected chi connectivity index (χ0v) is 29.1. The molecule has 10 atom stereocenters. The Kier molecular flexibility index (Phi) is 12.4. The van der Waals surface area contributed by atoms with Crippen LogP contribution in [0.2, 0.25) is 0 Å². The molecular weight excluding hydrogens is 598 g/mol. The molecule has 5 rings (SSSR count). The molecule has 2 saturated heterocycles. The summed E-state index contributed by atoms with van der Waals surface area (Å²) in [6, 6.07) is 0.161. The van der Waals surface area contributed by atoms with Gasteiger partial charge in [0.1, 0.15) is 6.10 Å². The molecule has 10 nitrogen and oxygen atoms in total. The second-order valence-corrected chi connectivity index (χ2v) is 15.3. The van der Waals surface area contributed by atoms with E-state index in [4.69, 9.17) is 15.2 Å². The van der Waals surface area contributed by atoms with Crippen molar-refractivity contribution >= 4 is 17.5 Å². The van der Waals surface area contributed by atoms with Crippen molar-refractivity contribution in [3.63, 3.8) is 0 Å². The quantitative estimate of drug-likeness (QED) is 0.0758. The lowest BCUT2D eigenvalue weighted by Gasteiger charge is -2.41. The van der Waals surface area contributed by atoms with Crippen LogP contribution in [0.25, 0.3) is 0 Å². The fourth-order valence-corrected chi connectivity index (χ4v) is 9.58. The number of ether oxygens (including phenoxy) is 2. The molecule has 0 amide bonds. The number of nitrogens with two attached hydrogens (primary N) is 1. The number of fused-ring (bicyclic) bond motifs is 2. The van der Waals surface area contributed by atoms with Crippen molar-refractivity contribution in [2.45, 2.75) is 147 Å². The lowest BCUT2D eigenvalue weighted by atomic mass is 9.60. The second kappa shape index (κ2) is 15.9. The molecule has 0 radical (unpaired) electrons. The summed E-state index contributed by atoms with van der Waals surface area (Å²) in [5.41, 5.74) is 4.14. The van der Waals surface area contributed by atoms with Crippen LogP contribution >= 0.6 is 0 Å². The minimum absolute atomic E-state index is 0.00857. The average Bonchev–Trinajstić information content (AvgIpc) is 3.79. The fraction of sp³-hybridized carbons (Fsp3) is 0.865. The van der Waals surface area contributed by atoms with Gasteiger partial charge in [0.05, 0.1) is 12.8 Å². The number of rotatable bonds is 15. The standard InChI is InChI=1S/C37H61N3O7/c1-4-24-14-15-30(39-5-2)29(19-24)31(11-8-18-41)46-35(45)37-34(44)28-10-7-6-9-27(28)33(43)36(37,47-37)21-26(22-42)23(3)12-13-25-16-17-40-32(38)20-25/h24-25,27-32,39-42H,4-22,38H2,1-3H3/t24-,25?,27?,28?,29-,30-,31-,32?,36-,37-/m0/s1. The Bertz CT molecular complexity index is 1160. The third-order valence-electron chi connectivity index (χ3n) is 12.5. The lowest BCUT2D eigenvalue weighted by molar-refractivity contribution is -0.166. The molecule has 0 aromatic heterocycles. The number of hydrogen-bond acceptors (Lipinski definition) is 10. The third-order valence-corrected chi connectivity index (χ3v) is 12.5. The van der Waals surface area contributed by atoms with E-state index in [9.17, 15) is 24.6 Å². The molecular formula is C37H61N3O7. The summed E-state index contributed by atoms with van der Waals surface area (Å²) >= 11 is 0. The number of aliphatic hydroxyl groups excluding tert-OH is 2. The van der Waals surface area contributed by atoms with Crippen molar-refractivity contribution in [1.82, 2.24) is 10.6 Å². The normalized spacial score (nSPS) is 38.2. The van der Waals surface area contributed by atoms with Crippen LogP contribution in [0.4, 0.5) is 0 Å². The maximum Gasteiger partial charge on any atom is 0.350 e. The Morgan fingerprint density at radius 2 is 1.81 bits per heavy atom. The first-order chi connectivity index (χ1) is 22.6. The van der Waals surface area contributed by atoms with Gasteiger partial charge in [-0.05, 0) is 108 Å². The largest absolute Gasteiger partial charge is 0.459 e. The first-order valence-electron chi connectivity index (χ1n) is 18.8. The molecule has 266 valence electrons. The van der Waals surface area contributed by atoms with Crippen LogP contribution in [-0.4, -0.2) is 83.6 Å². The summed E-state index contributed by atoms with van der Waals surface area (Å²) in [6.45, 7) is 7.63. The van der Waals surface area contributed by atoms with Crippen LogP contribution in [0.3, 0.4) is 0 Å². The van der Waals surface area contributed by atoms with E-state index < -0.39 is 35.1 Å². The molecule has 4 unspecified atom stereocenters. The van der Waals surface area contributed by atoms with Gasteiger partial charge in [0.2, 0.25) is 0 Å². The van der Waals surface area contributed by atoms with Crippen molar-refractivity contribution in [3.05, 3.63) is 11.1 Å². The van der Waals surface area contributed by atoms with Crippen LogP contribution in [0.15, 0.2) is 11.1 Å². The smallest absolute Gasteiger partial charge is 0.350 e. The summed E-state index contributed by atoms with van der Waals surface area (Å²) in [5, 5.41) is 27.3. The minimum Gasteiger partial charge on any atom is -0.459 e. The third kappa shape index (κ3) is 7.29. The highest BCUT2D eigenvalue weighted by atomic mass is 16.7. The number of allylic oxidation sites excluding steroid dienone is 1. The van der Waals surface area contributed by atoms with Gasteiger partial charge in [-0.15, -0.1) is 0 Å². The van der Waals surface area contributed by atoms with Crippen LogP contribution in [-0.2, 0) is 23.9 Å². The second-order valence-electron chi connectivity index (χ2n) is 15.3. The van der Waals surface area contributed by atoms with E-state index >= 15 is 0 Å². The van der Waals surface area contributed by atoms with E-state index in [-0.39, 0.29) is 49.3 Å². The predicted octanol–water partition coefficient (Wildman–Crippen LogP) is 3.70. The number of epoxide rings is 1. The maximum atomic E-state index is 14.5. The fourth-order valence-electron chi connectivity index (χ4n) is 9.58. The van der Waals surface area contributed by atoms with Crippen LogP contribution in [0.5, 0.6) is 0 Å². The summed E-state index contributed by atoms with van der Waals surface area (Å²) in [4.78, 5) is 43.4. The van der Waals surface area contributed by atoms with Crippen molar-refractivity contribution in [2.75, 3.05) is 26.3 Å². The molecule has 0 aromatic carbocycles. The Labute approximate surface area is 281 Å². The SMILES string of the molecule is CCN[C@H]1CC[C@H](CC)C[C@@H]1[C@H](CCCO)OC(=O)[C@]12O[C@@]1(CC(CO)=C(C)CCC1CCNC(N)C1)C(=O)C1CCCCC1C2=O. The van der Waals surface area contributed by atoms with Crippen molar-refractivity contribution in [2.24, 2.45) is 35.3 Å². The highest BCUT2D eigenvalue weighted by Crippen LogP contribution is 2.62. The number of piperidine rings is 1. The zero-order valence-electron chi connectivity index (χ0n) is 29.1. The van der Waals surface area contributed by atoms with E-state index in [1.54, 1.807) is 0 Å². The summed E-state index contributed by atoms with van der Waals surface area (Å²) in [5.74, 6) is -1.24. The summed E-state index contributed by atoms with van der Waals surface area (Å²) < 4.78 is 12.7. The first-order valence-corrected chi connectivity index (χ1v) is 18.8. The number of esters is 1. The van der Waals surface area contributed by atoms with E-state index in [0.717, 1.165) is 82.9 Å². The van der Waals surface area contributed by atoms with Gasteiger partial charge in [0.25, 0.3) is 5.60 Å². The average molecular weight is 660 g/mol. The van der Waals surface area contributed by atoms with Gasteiger partial charge in [-0.2, -0.15) is 0 Å². The van der Waals surface area contributed by atoms with Crippen LogP contribution < -0.4 is 16.4 Å². The Morgan fingerprint density at radius 3 is 2.47 bits per heavy atom. The van der Waals surface area contributed by atoms with Gasteiger partial charge in [0, 0.05) is 36.8 Å². The van der Waals surface area contributed by atoms with Gasteiger partial charge >= 0.3 is 5.97 Å². The Morgan fingerprint density at radius 1 is 1.06 bits per heavy atom. The molecule has 47 heavy (non-hydrogen) atoms. The number of ketones is 2. The van der Waals surface area contributed by atoms with Crippen LogP contribution in [0.1, 0.15) is 117 Å². The topological polar surface area (TPSA) is 164 Å². The van der Waals surface area contributed by atoms with Gasteiger partial charge < -0.3 is 36.1 Å². The molecule has 0 aromatic rings. The molecule has 10 heteroatoms. The van der Waals surface area contributed by atoms with E-state index in [1.165, 1.54) is 0 Å². The van der Waals surface area contributed by atoms with Gasteiger partial charge in [-0.25, -0.2) is 4.79 Å². The van der Waals surface area contributed by atoms with Crippen molar-refractivity contribution in [3.8, 4) is 0 Å². The molecule has 2 aliphatic heterocycles. The number of carbonyl (C=O) groups is 3. The number of Topliss-reactive ketones (excluding diaryl/α,β-unsaturated/α-hetero) is 2. The molecule has 5 fully saturated rings.